The molecule has 0 unspecified atom stereocenters. The van der Waals surface area contributed by atoms with Gasteiger partial charge in [-0.3, -0.25) is 4.90 Å². The van der Waals surface area contributed by atoms with Gasteiger partial charge in [-0.1, -0.05) is 11.1 Å². The smallest absolute Gasteiger partial charge is 0.445 e. The van der Waals surface area contributed by atoms with E-state index in [0.717, 1.165) is 11.1 Å². The lowest BCUT2D eigenvalue weighted by atomic mass is 9.72. The van der Waals surface area contributed by atoms with Crippen LogP contribution in [-0.4, -0.2) is 54.7 Å². The van der Waals surface area contributed by atoms with Gasteiger partial charge in [-0.25, -0.2) is 4.79 Å². The van der Waals surface area contributed by atoms with Gasteiger partial charge in [0, 0.05) is 36.3 Å². The van der Waals surface area contributed by atoms with Crippen LogP contribution < -0.4 is 5.46 Å². The van der Waals surface area contributed by atoms with E-state index in [4.69, 9.17) is 4.74 Å². The first-order valence-electron chi connectivity index (χ1n) is 9.40. The minimum atomic E-state index is -5.06. The highest BCUT2D eigenvalue weighted by Crippen LogP contribution is 2.28. The Hall–Kier alpha value is -0.965. The molecule has 1 saturated heterocycles. The first-order chi connectivity index (χ1) is 12.7. The molecule has 1 heterocycles. The quantitative estimate of drug-likeness (QED) is 0.448. The summed E-state index contributed by atoms with van der Waals surface area (Å²) in [4.78, 5) is 15.9. The third-order valence-corrected chi connectivity index (χ3v) is 6.72. The maximum Gasteiger partial charge on any atom is 0.510 e. The minimum absolute atomic E-state index is 0.321. The summed E-state index contributed by atoms with van der Waals surface area (Å²) in [5.74, 6) is 0. The number of amides is 1. The molecule has 0 bridgehead atoms. The zero-order valence-corrected chi connectivity index (χ0v) is 19.5. The van der Waals surface area contributed by atoms with E-state index in [0.29, 0.717) is 47.4 Å². The Balaban J connectivity index is 2.16. The molecule has 0 spiro atoms. The van der Waals surface area contributed by atoms with Crippen molar-refractivity contribution in [1.29, 1.82) is 0 Å². The summed E-state index contributed by atoms with van der Waals surface area (Å²) in [6.45, 7) is 8.11. The molecule has 0 atom stereocenters. The number of piperazine rings is 1. The minimum Gasteiger partial charge on any atom is -0.445 e. The van der Waals surface area contributed by atoms with Crippen molar-refractivity contribution in [2.24, 2.45) is 0 Å². The average Bonchev–Trinajstić information content (AvgIpc) is 2.54. The predicted molar refractivity (Wildman–Crippen MR) is 115 cm³/mol. The molecular formula is C19H28BF3IN2O2-. The number of nitrogens with zero attached hydrogens (tertiary/aromatic N) is 2. The Morgan fingerprint density at radius 1 is 1.04 bits per heavy atom. The van der Waals surface area contributed by atoms with Crippen LogP contribution >= 0.6 is 22.6 Å². The summed E-state index contributed by atoms with van der Waals surface area (Å²) >= 11 is 2.02. The van der Waals surface area contributed by atoms with Crippen LogP contribution in [0.1, 0.15) is 43.0 Å². The van der Waals surface area contributed by atoms with E-state index in [1.54, 1.807) is 18.7 Å². The van der Waals surface area contributed by atoms with Crippen LogP contribution in [0.5, 0.6) is 0 Å². The van der Waals surface area contributed by atoms with Crippen LogP contribution in [-0.2, 0) is 11.3 Å². The molecular weight excluding hydrogens is 483 g/mol. The average molecular weight is 511 g/mol. The summed E-state index contributed by atoms with van der Waals surface area (Å²) < 4.78 is 47.0. The molecule has 9 heteroatoms. The molecule has 2 rings (SSSR count). The highest BCUT2D eigenvalue weighted by molar-refractivity contribution is 14.1. The fourth-order valence-corrected chi connectivity index (χ4v) is 4.24. The molecule has 0 aliphatic carbocycles. The van der Waals surface area contributed by atoms with Gasteiger partial charge in [0.1, 0.15) is 5.60 Å². The molecule has 1 amide bonds. The lowest BCUT2D eigenvalue weighted by Crippen LogP contribution is -2.50. The number of benzene rings is 1. The number of hydrogen-bond acceptors (Lipinski definition) is 3. The van der Waals surface area contributed by atoms with Gasteiger partial charge in [0.15, 0.2) is 0 Å². The zero-order chi connectivity index (χ0) is 21.4. The van der Waals surface area contributed by atoms with Gasteiger partial charge in [-0.2, -0.15) is 0 Å². The van der Waals surface area contributed by atoms with E-state index in [1.807, 2.05) is 50.3 Å². The lowest BCUT2D eigenvalue weighted by molar-refractivity contribution is 0.0138. The van der Waals surface area contributed by atoms with Crippen LogP contribution in [0.4, 0.5) is 17.7 Å². The van der Waals surface area contributed by atoms with Crippen molar-refractivity contribution < 1.29 is 22.5 Å². The van der Waals surface area contributed by atoms with Crippen molar-refractivity contribution in [1.82, 2.24) is 9.80 Å². The van der Waals surface area contributed by atoms with E-state index in [-0.39, 0.29) is 6.09 Å². The van der Waals surface area contributed by atoms with Crippen LogP contribution in [0, 0.1) is 24.3 Å². The second-order valence-corrected chi connectivity index (χ2v) is 9.48. The highest BCUT2D eigenvalue weighted by atomic mass is 127. The summed E-state index contributed by atoms with van der Waals surface area (Å²) in [6.07, 6.45) is -0.341. The topological polar surface area (TPSA) is 32.8 Å². The summed E-state index contributed by atoms with van der Waals surface area (Å²) in [6, 6.07) is 0. The molecule has 0 saturated carbocycles. The second-order valence-electron chi connectivity index (χ2n) is 8.40. The Kier molecular flexibility index (Phi) is 7.01. The molecule has 1 aliphatic rings. The fraction of sp³-hybridized carbons (Fsp3) is 0.632. The standard InChI is InChI=1S/C19H28BF3IN2O2/c1-12-15(13(2)17(24)14(3)16(12)20(21,22)23)11-25-7-9-26(10-8-25)18(27)28-19(4,5)6/h7-11H2,1-6H3/q-1. The molecule has 1 aromatic rings. The van der Waals surface area contributed by atoms with Crippen molar-refractivity contribution in [2.75, 3.05) is 26.2 Å². The van der Waals surface area contributed by atoms with E-state index in [9.17, 15) is 17.7 Å². The Morgan fingerprint density at radius 2 is 1.57 bits per heavy atom. The van der Waals surface area contributed by atoms with Crippen LogP contribution in [0.2, 0.25) is 0 Å². The van der Waals surface area contributed by atoms with Crippen molar-refractivity contribution in [3.63, 3.8) is 0 Å². The third-order valence-electron chi connectivity index (χ3n) is 5.10. The van der Waals surface area contributed by atoms with E-state index < -0.39 is 18.0 Å². The van der Waals surface area contributed by atoms with Crippen LogP contribution in [0.25, 0.3) is 0 Å². The molecule has 28 heavy (non-hydrogen) atoms. The van der Waals surface area contributed by atoms with Crippen molar-refractivity contribution in [3.05, 3.63) is 25.8 Å². The van der Waals surface area contributed by atoms with Crippen molar-refractivity contribution in [2.45, 2.75) is 53.7 Å². The third kappa shape index (κ3) is 5.34. The number of halogens is 4. The van der Waals surface area contributed by atoms with Crippen molar-refractivity contribution >= 4 is 41.1 Å². The molecule has 0 aromatic heterocycles. The van der Waals surface area contributed by atoms with Crippen molar-refractivity contribution in [3.8, 4) is 0 Å². The zero-order valence-electron chi connectivity index (χ0n) is 17.3. The molecule has 1 fully saturated rings. The van der Waals surface area contributed by atoms with Gasteiger partial charge in [-0.05, 0) is 75.3 Å². The summed E-state index contributed by atoms with van der Waals surface area (Å²) in [5, 5.41) is 0. The SMILES string of the molecule is Cc1c(I)c(C)c([B-](F)(F)F)c(C)c1CN1CCN(C(=O)OC(C)(C)C)CC1. The molecule has 1 aromatic carbocycles. The Labute approximate surface area is 179 Å². The first kappa shape index (κ1) is 23.3. The van der Waals surface area contributed by atoms with Gasteiger partial charge in [0.05, 0.1) is 0 Å². The number of hydrogen-bond donors (Lipinski definition) is 0. The summed E-state index contributed by atoms with van der Waals surface area (Å²) in [7, 11) is 0. The summed E-state index contributed by atoms with van der Waals surface area (Å²) in [5.41, 5.74) is 1.30. The van der Waals surface area contributed by atoms with Crippen LogP contribution in [0.15, 0.2) is 0 Å². The van der Waals surface area contributed by atoms with Gasteiger partial charge >= 0.3 is 13.1 Å². The second kappa shape index (κ2) is 8.42. The Morgan fingerprint density at radius 3 is 2.04 bits per heavy atom. The van der Waals surface area contributed by atoms with E-state index in [2.05, 4.69) is 4.90 Å². The number of carbonyl (C=O) groups excluding carboxylic acids is 1. The number of rotatable bonds is 3. The maximum absolute atomic E-state index is 13.6. The van der Waals surface area contributed by atoms with E-state index in [1.165, 1.54) is 0 Å². The maximum atomic E-state index is 13.6. The molecule has 1 aliphatic heterocycles. The number of carbonyl (C=O) groups is 1. The van der Waals surface area contributed by atoms with Gasteiger partial charge in [-0.15, -0.1) is 5.46 Å². The highest BCUT2D eigenvalue weighted by Gasteiger charge is 2.33. The molecule has 0 N–H and O–H groups in total. The normalized spacial score (nSPS) is 16.4. The predicted octanol–water partition coefficient (Wildman–Crippen LogP) is 4.32. The first-order valence-corrected chi connectivity index (χ1v) is 10.5. The monoisotopic (exact) mass is 511 g/mol. The number of ether oxygens (including phenoxy) is 1. The Bertz CT molecular complexity index is 755. The van der Waals surface area contributed by atoms with Gasteiger partial charge in [0.2, 0.25) is 0 Å². The van der Waals surface area contributed by atoms with Crippen LogP contribution in [0.3, 0.4) is 0 Å². The molecule has 158 valence electrons. The largest absolute Gasteiger partial charge is 0.510 e. The lowest BCUT2D eigenvalue weighted by Gasteiger charge is -2.36. The molecule has 4 nitrogen and oxygen atoms in total. The van der Waals surface area contributed by atoms with E-state index >= 15 is 0 Å². The van der Waals surface area contributed by atoms with Gasteiger partial charge in [0.25, 0.3) is 0 Å². The molecule has 0 radical (unpaired) electrons. The fourth-order valence-electron chi connectivity index (χ4n) is 3.62. The van der Waals surface area contributed by atoms with Gasteiger partial charge < -0.3 is 22.6 Å².